The second-order valence-corrected chi connectivity index (χ2v) is 4.82. The Kier molecular flexibility index (Phi) is 3.77. The van der Waals surface area contributed by atoms with Crippen molar-refractivity contribution in [3.63, 3.8) is 0 Å². The van der Waals surface area contributed by atoms with Gasteiger partial charge < -0.3 is 22.1 Å². The van der Waals surface area contributed by atoms with Crippen LogP contribution in [0.15, 0.2) is 12.1 Å². The number of amides is 1. The number of aromatic nitrogens is 1. The molecule has 0 radical (unpaired) electrons. The molecule has 6 nitrogen and oxygen atoms in total. The predicted molar refractivity (Wildman–Crippen MR) is 69.4 cm³/mol. The van der Waals surface area contributed by atoms with E-state index in [9.17, 15) is 4.79 Å². The van der Waals surface area contributed by atoms with Crippen LogP contribution in [0, 0.1) is 0 Å². The van der Waals surface area contributed by atoms with Crippen LogP contribution in [0.5, 0.6) is 0 Å². The Bertz CT molecular complexity index is 411. The van der Waals surface area contributed by atoms with Crippen molar-refractivity contribution in [3.05, 3.63) is 12.1 Å². The monoisotopic (exact) mass is 237 g/mol. The number of nitrogens with two attached hydrogens (primary N) is 2. The number of carbonyl (C=O) groups excluding carboxylic acids is 1. The molecule has 1 rings (SSSR count). The van der Waals surface area contributed by atoms with Crippen molar-refractivity contribution in [2.75, 3.05) is 23.3 Å². The number of pyridine rings is 1. The molecule has 1 aromatic heterocycles. The van der Waals surface area contributed by atoms with Gasteiger partial charge in [-0.05, 0) is 32.9 Å². The van der Waals surface area contributed by atoms with Gasteiger partial charge in [-0.1, -0.05) is 0 Å². The van der Waals surface area contributed by atoms with Crippen molar-refractivity contribution in [1.82, 2.24) is 10.3 Å². The summed E-state index contributed by atoms with van der Waals surface area (Å²) in [6.07, 6.45) is 0. The van der Waals surface area contributed by atoms with Gasteiger partial charge in [0.2, 0.25) is 5.91 Å². The van der Waals surface area contributed by atoms with E-state index in [1.54, 1.807) is 12.1 Å². The van der Waals surface area contributed by atoms with E-state index in [4.69, 9.17) is 11.5 Å². The Labute approximate surface area is 101 Å². The molecule has 0 aliphatic rings. The molecule has 1 heterocycles. The average molecular weight is 237 g/mol. The summed E-state index contributed by atoms with van der Waals surface area (Å²) in [7, 11) is 0. The number of rotatable bonds is 3. The average Bonchev–Trinajstić information content (AvgIpc) is 2.17. The van der Waals surface area contributed by atoms with Crippen LogP contribution in [0.25, 0.3) is 0 Å². The Morgan fingerprint density at radius 3 is 2.53 bits per heavy atom. The zero-order chi connectivity index (χ0) is 13.1. The molecular formula is C11H19N5O. The third-order valence-corrected chi connectivity index (χ3v) is 1.90. The van der Waals surface area contributed by atoms with Gasteiger partial charge in [0, 0.05) is 5.54 Å². The van der Waals surface area contributed by atoms with Crippen LogP contribution in [-0.4, -0.2) is 23.0 Å². The van der Waals surface area contributed by atoms with E-state index in [1.165, 1.54) is 0 Å². The summed E-state index contributed by atoms with van der Waals surface area (Å²) >= 11 is 0. The fourth-order valence-electron chi connectivity index (χ4n) is 1.22. The van der Waals surface area contributed by atoms with Gasteiger partial charge >= 0.3 is 0 Å². The second kappa shape index (κ2) is 4.90. The summed E-state index contributed by atoms with van der Waals surface area (Å²) in [4.78, 5) is 15.5. The van der Waals surface area contributed by atoms with E-state index in [0.717, 1.165) is 0 Å². The van der Waals surface area contributed by atoms with Crippen molar-refractivity contribution in [3.8, 4) is 0 Å². The lowest BCUT2D eigenvalue weighted by molar-refractivity contribution is -0.120. The molecule has 94 valence electrons. The molecule has 0 saturated carbocycles. The molecule has 0 atom stereocenters. The van der Waals surface area contributed by atoms with E-state index in [2.05, 4.69) is 15.6 Å². The van der Waals surface area contributed by atoms with Gasteiger partial charge in [-0.2, -0.15) is 0 Å². The number of nitrogens with zero attached hydrogens (tertiary/aromatic N) is 1. The highest BCUT2D eigenvalue weighted by atomic mass is 16.2. The van der Waals surface area contributed by atoms with Gasteiger partial charge in [0.15, 0.2) is 0 Å². The topological polar surface area (TPSA) is 106 Å². The molecule has 6 heteroatoms. The number of hydrogen-bond donors (Lipinski definition) is 4. The zero-order valence-corrected chi connectivity index (χ0v) is 10.4. The van der Waals surface area contributed by atoms with Gasteiger partial charge in [0.05, 0.1) is 12.2 Å². The molecule has 0 spiro atoms. The van der Waals surface area contributed by atoms with E-state index in [0.29, 0.717) is 11.5 Å². The first-order valence-corrected chi connectivity index (χ1v) is 5.35. The smallest absolute Gasteiger partial charge is 0.239 e. The molecule has 0 aromatic carbocycles. The maximum atomic E-state index is 11.5. The quantitative estimate of drug-likeness (QED) is 0.615. The molecule has 1 amide bonds. The fourth-order valence-corrected chi connectivity index (χ4v) is 1.22. The highest BCUT2D eigenvalue weighted by molar-refractivity contribution is 5.81. The largest absolute Gasteiger partial charge is 0.396 e. The minimum absolute atomic E-state index is 0.102. The van der Waals surface area contributed by atoms with Crippen LogP contribution < -0.4 is 22.1 Å². The Morgan fingerprint density at radius 1 is 1.35 bits per heavy atom. The molecule has 17 heavy (non-hydrogen) atoms. The number of nitrogens with one attached hydrogen (secondary N) is 2. The molecule has 0 aliphatic heterocycles. The second-order valence-electron chi connectivity index (χ2n) is 4.82. The lowest BCUT2D eigenvalue weighted by atomic mass is 10.1. The van der Waals surface area contributed by atoms with Crippen LogP contribution in [0.2, 0.25) is 0 Å². The van der Waals surface area contributed by atoms with Crippen LogP contribution in [-0.2, 0) is 4.79 Å². The third kappa shape index (κ3) is 4.58. The minimum Gasteiger partial charge on any atom is -0.396 e. The van der Waals surface area contributed by atoms with Crippen LogP contribution in [0.4, 0.5) is 17.3 Å². The highest BCUT2D eigenvalue weighted by Gasteiger charge is 2.13. The van der Waals surface area contributed by atoms with Gasteiger partial charge in [0.1, 0.15) is 11.6 Å². The molecule has 0 saturated heterocycles. The maximum Gasteiger partial charge on any atom is 0.239 e. The number of anilines is 3. The first kappa shape index (κ1) is 13.1. The number of hydrogen-bond acceptors (Lipinski definition) is 5. The summed E-state index contributed by atoms with van der Waals surface area (Å²) < 4.78 is 0. The van der Waals surface area contributed by atoms with Gasteiger partial charge in [-0.25, -0.2) is 4.98 Å². The Morgan fingerprint density at radius 2 is 2.00 bits per heavy atom. The normalized spacial score (nSPS) is 11.0. The number of nitrogen functional groups attached to an aromatic ring is 2. The van der Waals surface area contributed by atoms with Crippen molar-refractivity contribution in [1.29, 1.82) is 0 Å². The van der Waals surface area contributed by atoms with Crippen LogP contribution >= 0.6 is 0 Å². The molecule has 0 bridgehead atoms. The molecule has 1 aromatic rings. The van der Waals surface area contributed by atoms with Crippen molar-refractivity contribution in [2.45, 2.75) is 26.3 Å². The predicted octanol–water partition coefficient (Wildman–Crippen LogP) is 0.573. The SMILES string of the molecule is CC(C)(C)NC(=O)CNc1ccc(N)c(N)n1. The lowest BCUT2D eigenvalue weighted by Gasteiger charge is -2.20. The minimum atomic E-state index is -0.244. The molecular weight excluding hydrogens is 218 g/mol. The summed E-state index contributed by atoms with van der Waals surface area (Å²) in [5.74, 6) is 0.682. The van der Waals surface area contributed by atoms with Crippen molar-refractivity contribution >= 4 is 23.2 Å². The third-order valence-electron chi connectivity index (χ3n) is 1.90. The highest BCUT2D eigenvalue weighted by Crippen LogP contribution is 2.14. The van der Waals surface area contributed by atoms with Gasteiger partial charge in [-0.15, -0.1) is 0 Å². The van der Waals surface area contributed by atoms with E-state index in [-0.39, 0.29) is 23.8 Å². The van der Waals surface area contributed by atoms with Gasteiger partial charge in [0.25, 0.3) is 0 Å². The standard InChI is InChI=1S/C11H19N5O/c1-11(2,3)16-9(17)6-14-8-5-4-7(12)10(13)15-8/h4-5H,6,12H2,1-3H3,(H,16,17)(H3,13,14,15). The van der Waals surface area contributed by atoms with E-state index >= 15 is 0 Å². The van der Waals surface area contributed by atoms with Crippen molar-refractivity contribution in [2.24, 2.45) is 0 Å². The molecule has 6 N–H and O–H groups in total. The van der Waals surface area contributed by atoms with E-state index < -0.39 is 0 Å². The number of carbonyl (C=O) groups is 1. The molecule has 0 aliphatic carbocycles. The van der Waals surface area contributed by atoms with Crippen molar-refractivity contribution < 1.29 is 4.79 Å². The lowest BCUT2D eigenvalue weighted by Crippen LogP contribution is -2.43. The summed E-state index contributed by atoms with van der Waals surface area (Å²) in [5, 5.41) is 5.71. The van der Waals surface area contributed by atoms with Crippen LogP contribution in [0.3, 0.4) is 0 Å². The zero-order valence-electron chi connectivity index (χ0n) is 10.4. The van der Waals surface area contributed by atoms with E-state index in [1.807, 2.05) is 20.8 Å². The summed E-state index contributed by atoms with van der Waals surface area (Å²) in [6, 6.07) is 3.32. The van der Waals surface area contributed by atoms with Crippen LogP contribution in [0.1, 0.15) is 20.8 Å². The first-order valence-electron chi connectivity index (χ1n) is 5.35. The Balaban J connectivity index is 2.50. The fraction of sp³-hybridized carbons (Fsp3) is 0.455. The molecule has 0 unspecified atom stereocenters. The maximum absolute atomic E-state index is 11.5. The first-order chi connectivity index (χ1) is 7.78. The summed E-state index contributed by atoms with van der Waals surface area (Å²) in [6.45, 7) is 5.91. The molecule has 0 fully saturated rings. The van der Waals surface area contributed by atoms with Gasteiger partial charge in [-0.3, -0.25) is 4.79 Å². The summed E-state index contributed by atoms with van der Waals surface area (Å²) in [5.41, 5.74) is 11.3. The Hall–Kier alpha value is -1.98.